The number of nitrogens with one attached hydrogen (secondary N) is 1. The zero-order valence-corrected chi connectivity index (χ0v) is 17.4. The molecule has 174 valence electrons. The molecule has 0 radical (unpaired) electrons. The number of ether oxygens (including phenoxy) is 1. The molecule has 1 heterocycles. The lowest BCUT2D eigenvalue weighted by Gasteiger charge is -2.16. The summed E-state index contributed by atoms with van der Waals surface area (Å²) in [5.41, 5.74) is -1.46. The molecule has 33 heavy (non-hydrogen) atoms. The van der Waals surface area contributed by atoms with Gasteiger partial charge in [-0.25, -0.2) is 13.5 Å². The first-order valence-electron chi connectivity index (χ1n) is 9.57. The van der Waals surface area contributed by atoms with Crippen molar-refractivity contribution in [1.29, 1.82) is 0 Å². The van der Waals surface area contributed by atoms with Gasteiger partial charge in [-0.15, -0.1) is 0 Å². The summed E-state index contributed by atoms with van der Waals surface area (Å²) in [6.07, 6.45) is -7.14. The van der Waals surface area contributed by atoms with Gasteiger partial charge in [-0.1, -0.05) is 30.3 Å². The number of aryl methyl sites for hydroxylation is 1. The van der Waals surface area contributed by atoms with Crippen LogP contribution in [0.15, 0.2) is 48.5 Å². The molecular weight excluding hydrogens is 449 g/mol. The molecular formula is C22H18F5N3O3. The summed E-state index contributed by atoms with van der Waals surface area (Å²) in [6, 6.07) is 9.39. The van der Waals surface area contributed by atoms with Crippen LogP contribution in [0.4, 0.5) is 22.0 Å². The average Bonchev–Trinajstić information content (AvgIpc) is 3.10. The van der Waals surface area contributed by atoms with Gasteiger partial charge >= 0.3 is 6.18 Å². The van der Waals surface area contributed by atoms with Crippen molar-refractivity contribution < 1.29 is 36.3 Å². The van der Waals surface area contributed by atoms with Gasteiger partial charge in [0.2, 0.25) is 5.88 Å². The number of nitrogens with zero attached hydrogens (tertiary/aromatic N) is 2. The number of alkyl halides is 5. The van der Waals surface area contributed by atoms with Gasteiger partial charge in [0.25, 0.3) is 12.3 Å². The van der Waals surface area contributed by atoms with Gasteiger partial charge in [-0.2, -0.15) is 18.3 Å². The third-order valence-corrected chi connectivity index (χ3v) is 4.75. The first-order chi connectivity index (χ1) is 15.5. The van der Waals surface area contributed by atoms with Crippen LogP contribution in [-0.4, -0.2) is 22.0 Å². The summed E-state index contributed by atoms with van der Waals surface area (Å²) in [5, 5.41) is 6.17. The van der Waals surface area contributed by atoms with Crippen molar-refractivity contribution >= 4 is 12.2 Å². The quantitative estimate of drug-likeness (QED) is 0.369. The van der Waals surface area contributed by atoms with Gasteiger partial charge in [-0.05, 0) is 30.7 Å². The number of aldehydes is 1. The molecule has 1 amide bonds. The highest BCUT2D eigenvalue weighted by Gasteiger charge is 2.33. The van der Waals surface area contributed by atoms with E-state index in [4.69, 9.17) is 4.74 Å². The van der Waals surface area contributed by atoms with Gasteiger partial charge < -0.3 is 10.1 Å². The molecule has 0 fully saturated rings. The molecule has 0 bridgehead atoms. The van der Waals surface area contributed by atoms with E-state index in [2.05, 4.69) is 10.4 Å². The van der Waals surface area contributed by atoms with Crippen molar-refractivity contribution in [2.24, 2.45) is 7.05 Å². The van der Waals surface area contributed by atoms with Crippen LogP contribution in [0.25, 0.3) is 0 Å². The van der Waals surface area contributed by atoms with Crippen molar-refractivity contribution in [3.05, 3.63) is 76.5 Å². The number of aromatic nitrogens is 2. The third-order valence-electron chi connectivity index (χ3n) is 4.75. The lowest BCUT2D eigenvalue weighted by Crippen LogP contribution is -2.27. The van der Waals surface area contributed by atoms with Gasteiger partial charge in [0.05, 0.1) is 11.6 Å². The fraction of sp³-hybridized carbons (Fsp3) is 0.227. The Morgan fingerprint density at radius 2 is 1.82 bits per heavy atom. The minimum absolute atomic E-state index is 0.305. The zero-order valence-electron chi connectivity index (χ0n) is 17.4. The molecule has 1 atom stereocenters. The molecule has 0 aliphatic carbocycles. The molecule has 1 unspecified atom stereocenters. The van der Waals surface area contributed by atoms with E-state index in [0.29, 0.717) is 23.5 Å². The highest BCUT2D eigenvalue weighted by Crippen LogP contribution is 2.35. The number of rotatable bonds is 7. The molecule has 11 heteroatoms. The Labute approximate surface area is 185 Å². The Morgan fingerprint density at radius 1 is 1.15 bits per heavy atom. The molecule has 3 aromatic rings. The topological polar surface area (TPSA) is 73.2 Å². The second-order valence-corrected chi connectivity index (χ2v) is 7.10. The van der Waals surface area contributed by atoms with Gasteiger partial charge in [-0.3, -0.25) is 9.59 Å². The molecule has 1 N–H and O–H groups in total. The molecule has 2 aromatic carbocycles. The predicted molar refractivity (Wildman–Crippen MR) is 107 cm³/mol. The van der Waals surface area contributed by atoms with Crippen LogP contribution in [0.2, 0.25) is 0 Å². The van der Waals surface area contributed by atoms with E-state index in [-0.39, 0.29) is 5.75 Å². The third kappa shape index (κ3) is 5.36. The fourth-order valence-corrected chi connectivity index (χ4v) is 3.07. The average molecular weight is 467 g/mol. The van der Waals surface area contributed by atoms with Crippen molar-refractivity contribution in [3.63, 3.8) is 0 Å². The number of carbonyl (C=O) groups excluding carboxylic acids is 2. The van der Waals surface area contributed by atoms with Crippen LogP contribution in [0.1, 0.15) is 56.9 Å². The lowest BCUT2D eigenvalue weighted by atomic mass is 10.1. The number of halogens is 5. The van der Waals surface area contributed by atoms with Crippen LogP contribution in [0.5, 0.6) is 11.6 Å². The number of hydrogen-bond donors (Lipinski definition) is 1. The van der Waals surface area contributed by atoms with E-state index < -0.39 is 47.3 Å². The molecule has 0 saturated heterocycles. The van der Waals surface area contributed by atoms with Gasteiger partial charge in [0.1, 0.15) is 23.3 Å². The second kappa shape index (κ2) is 9.39. The molecule has 3 rings (SSSR count). The van der Waals surface area contributed by atoms with Crippen LogP contribution in [-0.2, 0) is 13.2 Å². The maximum absolute atomic E-state index is 13.6. The van der Waals surface area contributed by atoms with Crippen molar-refractivity contribution in [2.75, 3.05) is 0 Å². The summed E-state index contributed by atoms with van der Waals surface area (Å²) in [4.78, 5) is 23.7. The van der Waals surface area contributed by atoms with E-state index in [1.807, 2.05) is 0 Å². The minimum Gasteiger partial charge on any atom is -0.438 e. The summed E-state index contributed by atoms with van der Waals surface area (Å²) in [7, 11) is 1.23. The summed E-state index contributed by atoms with van der Waals surface area (Å²) in [5.74, 6) is -1.70. The first kappa shape index (κ1) is 23.9. The number of amides is 1. The van der Waals surface area contributed by atoms with Crippen LogP contribution >= 0.6 is 0 Å². The maximum atomic E-state index is 13.6. The smallest absolute Gasteiger partial charge is 0.416 e. The second-order valence-electron chi connectivity index (χ2n) is 7.10. The van der Waals surface area contributed by atoms with Crippen molar-refractivity contribution in [3.8, 4) is 11.6 Å². The normalized spacial score (nSPS) is 12.5. The SMILES string of the molecule is CC(NC(=O)c1c(C(F)F)nn(C)c1Oc1cccc(C(F)(F)F)c1)c1ccc(C=O)cc1. The van der Waals surface area contributed by atoms with E-state index in [9.17, 15) is 31.5 Å². The molecule has 6 nitrogen and oxygen atoms in total. The summed E-state index contributed by atoms with van der Waals surface area (Å²) >= 11 is 0. The van der Waals surface area contributed by atoms with E-state index in [1.165, 1.54) is 25.2 Å². The number of carbonyl (C=O) groups is 2. The van der Waals surface area contributed by atoms with Crippen LogP contribution in [0, 0.1) is 0 Å². The van der Waals surface area contributed by atoms with Crippen molar-refractivity contribution in [2.45, 2.75) is 25.6 Å². The van der Waals surface area contributed by atoms with E-state index in [0.717, 1.165) is 16.8 Å². The largest absolute Gasteiger partial charge is 0.438 e. The minimum atomic E-state index is -4.64. The van der Waals surface area contributed by atoms with Crippen LogP contribution < -0.4 is 10.1 Å². The maximum Gasteiger partial charge on any atom is 0.416 e. The first-order valence-corrected chi connectivity index (χ1v) is 9.57. The summed E-state index contributed by atoms with van der Waals surface area (Å²) in [6.45, 7) is 1.60. The Kier molecular flexibility index (Phi) is 6.80. The summed E-state index contributed by atoms with van der Waals surface area (Å²) < 4.78 is 72.5. The molecule has 0 spiro atoms. The molecule has 1 aromatic heterocycles. The van der Waals surface area contributed by atoms with Crippen molar-refractivity contribution in [1.82, 2.24) is 15.1 Å². The Hall–Kier alpha value is -3.76. The van der Waals surface area contributed by atoms with Crippen LogP contribution in [0.3, 0.4) is 0 Å². The Morgan fingerprint density at radius 3 is 2.39 bits per heavy atom. The standard InChI is InChI=1S/C22H18F5N3O3/c1-12(14-8-6-13(11-31)7-9-14)28-20(32)17-18(19(23)24)29-30(2)21(17)33-16-5-3-4-15(10-16)22(25,26)27/h3-12,19H,1-2H3,(H,28,32). The Bertz CT molecular complexity index is 1160. The number of hydrogen-bond acceptors (Lipinski definition) is 4. The molecule has 0 aliphatic heterocycles. The highest BCUT2D eigenvalue weighted by molar-refractivity contribution is 5.98. The monoisotopic (exact) mass is 467 g/mol. The predicted octanol–water partition coefficient (Wildman–Crippen LogP) is 5.47. The van der Waals surface area contributed by atoms with E-state index >= 15 is 0 Å². The van der Waals surface area contributed by atoms with Gasteiger partial charge in [0, 0.05) is 12.6 Å². The number of benzene rings is 2. The highest BCUT2D eigenvalue weighted by atomic mass is 19.4. The lowest BCUT2D eigenvalue weighted by molar-refractivity contribution is -0.137. The van der Waals surface area contributed by atoms with Gasteiger partial charge in [0.15, 0.2) is 0 Å². The molecule has 0 aliphatic rings. The van der Waals surface area contributed by atoms with E-state index in [1.54, 1.807) is 19.1 Å². The molecule has 0 saturated carbocycles. The fourth-order valence-electron chi connectivity index (χ4n) is 3.07. The Balaban J connectivity index is 1.94. The zero-order chi connectivity index (χ0) is 24.3.